The minimum atomic E-state index is -0.388. The Morgan fingerprint density at radius 1 is 1.18 bits per heavy atom. The molecule has 0 aliphatic heterocycles. The van der Waals surface area contributed by atoms with Gasteiger partial charge in [0.1, 0.15) is 23.9 Å². The molecule has 2 atom stereocenters. The van der Waals surface area contributed by atoms with Crippen LogP contribution in [0.5, 0.6) is 5.75 Å². The molecule has 3 rings (SSSR count). The fourth-order valence-corrected chi connectivity index (χ4v) is 4.60. The van der Waals surface area contributed by atoms with Crippen molar-refractivity contribution < 1.29 is 19.0 Å². The normalized spacial score (nSPS) is 19.0. The molecule has 1 N–H and O–H groups in total. The van der Waals surface area contributed by atoms with E-state index < -0.39 is 0 Å². The molecule has 1 saturated carbocycles. The van der Waals surface area contributed by atoms with Gasteiger partial charge in [0.05, 0.1) is 12.7 Å². The van der Waals surface area contributed by atoms with Crippen LogP contribution in [0.1, 0.15) is 56.7 Å². The second kappa shape index (κ2) is 11.5. The van der Waals surface area contributed by atoms with Crippen molar-refractivity contribution in [1.82, 2.24) is 0 Å². The highest BCUT2D eigenvalue weighted by atomic mass is 19.1. The molecule has 0 saturated heterocycles. The smallest absolute Gasteiger partial charge is 0.129 e. The molecule has 34 heavy (non-hydrogen) atoms. The summed E-state index contributed by atoms with van der Waals surface area (Å²) in [6.45, 7) is 14.7. The maximum atomic E-state index is 14.6. The summed E-state index contributed by atoms with van der Waals surface area (Å²) in [6.07, 6.45) is 6.43. The molecule has 0 bridgehead atoms. The molecular formula is C30H37FO3. The van der Waals surface area contributed by atoms with Crippen LogP contribution in [0.3, 0.4) is 0 Å². The summed E-state index contributed by atoms with van der Waals surface area (Å²) in [7, 11) is 0. The molecule has 1 fully saturated rings. The lowest BCUT2D eigenvalue weighted by molar-refractivity contribution is 0.155. The molecule has 0 amide bonds. The molecule has 1 aliphatic carbocycles. The lowest BCUT2D eigenvalue weighted by atomic mass is 9.94. The van der Waals surface area contributed by atoms with Crippen molar-refractivity contribution in [2.24, 2.45) is 5.92 Å². The van der Waals surface area contributed by atoms with Crippen LogP contribution in [-0.4, -0.2) is 17.8 Å². The Hall–Kier alpha value is -2.85. The summed E-state index contributed by atoms with van der Waals surface area (Å²) < 4.78 is 26.3. The van der Waals surface area contributed by atoms with Crippen molar-refractivity contribution >= 4 is 0 Å². The van der Waals surface area contributed by atoms with Crippen molar-refractivity contribution in [1.29, 1.82) is 0 Å². The molecule has 0 heterocycles. The van der Waals surface area contributed by atoms with E-state index in [4.69, 9.17) is 9.47 Å². The maximum Gasteiger partial charge on any atom is 0.129 e. The van der Waals surface area contributed by atoms with Crippen LogP contribution in [0.4, 0.5) is 4.39 Å². The van der Waals surface area contributed by atoms with Gasteiger partial charge < -0.3 is 14.6 Å². The third kappa shape index (κ3) is 6.60. The van der Waals surface area contributed by atoms with Crippen LogP contribution in [0, 0.1) is 25.6 Å². The Morgan fingerprint density at radius 3 is 2.50 bits per heavy atom. The van der Waals surface area contributed by atoms with Crippen LogP contribution >= 0.6 is 0 Å². The Labute approximate surface area is 203 Å². The zero-order valence-corrected chi connectivity index (χ0v) is 21.1. The molecule has 0 radical (unpaired) electrons. The number of rotatable bonds is 9. The Morgan fingerprint density at radius 2 is 1.85 bits per heavy atom. The molecule has 2 aromatic carbocycles. The van der Waals surface area contributed by atoms with E-state index in [0.717, 1.165) is 40.8 Å². The molecular weight excluding hydrogens is 427 g/mol. The van der Waals surface area contributed by atoms with E-state index in [1.54, 1.807) is 13.0 Å². The Balaban J connectivity index is 1.74. The number of hydrogen-bond donors (Lipinski definition) is 1. The van der Waals surface area contributed by atoms with Crippen molar-refractivity contribution in [3.63, 3.8) is 0 Å². The molecule has 2 unspecified atom stereocenters. The average molecular weight is 465 g/mol. The number of halogens is 1. The largest absolute Gasteiger partial charge is 0.493 e. The van der Waals surface area contributed by atoms with Crippen LogP contribution < -0.4 is 4.74 Å². The summed E-state index contributed by atoms with van der Waals surface area (Å²) in [5.74, 6) is 1.66. The first-order valence-corrected chi connectivity index (χ1v) is 12.1. The van der Waals surface area contributed by atoms with Crippen LogP contribution in [0.25, 0.3) is 11.1 Å². The molecule has 182 valence electrons. The van der Waals surface area contributed by atoms with Gasteiger partial charge in [-0.3, -0.25) is 0 Å². The van der Waals surface area contributed by atoms with Gasteiger partial charge in [-0.05, 0) is 110 Å². The fraction of sp³-hybridized carbons (Fsp3) is 0.400. The molecule has 2 aromatic rings. The number of aryl methyl sites for hydroxylation is 2. The second-order valence-electron chi connectivity index (χ2n) is 9.48. The summed E-state index contributed by atoms with van der Waals surface area (Å²) in [5, 5.41) is 9.43. The highest BCUT2D eigenvalue weighted by Crippen LogP contribution is 2.36. The van der Waals surface area contributed by atoms with Gasteiger partial charge >= 0.3 is 0 Å². The lowest BCUT2D eigenvalue weighted by Crippen LogP contribution is -2.07. The van der Waals surface area contributed by atoms with E-state index >= 15 is 0 Å². The summed E-state index contributed by atoms with van der Waals surface area (Å²) in [4.78, 5) is 0. The fourth-order valence-electron chi connectivity index (χ4n) is 4.60. The third-order valence-corrected chi connectivity index (χ3v) is 6.29. The van der Waals surface area contributed by atoms with E-state index in [0.29, 0.717) is 30.3 Å². The standard InChI is InChI=1S/C30H37FO3/c1-7-24-12-19(2)13-26(24)16-23(6)34-18-27-17-25(8-9-29(27)31)30-20(3)14-28(15-21(30)4)33-11-10-22(5)32/h7-9,14-17,19,22,32H,6,10-13,18H2,1-5H3/b24-7-,26-16-. The number of benzene rings is 2. The number of ether oxygens (including phenoxy) is 2. The van der Waals surface area contributed by atoms with Gasteiger partial charge in [-0.15, -0.1) is 0 Å². The number of hydrogen-bond acceptors (Lipinski definition) is 3. The van der Waals surface area contributed by atoms with Gasteiger partial charge in [0.2, 0.25) is 0 Å². The quantitative estimate of drug-likeness (QED) is 0.389. The summed E-state index contributed by atoms with van der Waals surface area (Å²) >= 11 is 0. The van der Waals surface area contributed by atoms with Crippen LogP contribution in [-0.2, 0) is 11.3 Å². The summed E-state index contributed by atoms with van der Waals surface area (Å²) in [5.41, 5.74) is 7.20. The predicted octanol–water partition coefficient (Wildman–Crippen LogP) is 7.59. The first-order chi connectivity index (χ1) is 16.2. The Kier molecular flexibility index (Phi) is 8.73. The van der Waals surface area contributed by atoms with E-state index in [-0.39, 0.29) is 18.5 Å². The van der Waals surface area contributed by atoms with E-state index in [2.05, 4.69) is 26.5 Å². The number of allylic oxidation sites excluding steroid dienone is 4. The van der Waals surface area contributed by atoms with Gasteiger partial charge in [0.15, 0.2) is 0 Å². The molecule has 0 spiro atoms. The second-order valence-corrected chi connectivity index (χ2v) is 9.48. The molecule has 4 heteroatoms. The predicted molar refractivity (Wildman–Crippen MR) is 137 cm³/mol. The minimum Gasteiger partial charge on any atom is -0.493 e. The average Bonchev–Trinajstić information content (AvgIpc) is 3.12. The zero-order valence-electron chi connectivity index (χ0n) is 21.1. The third-order valence-electron chi connectivity index (χ3n) is 6.29. The van der Waals surface area contributed by atoms with E-state index in [9.17, 15) is 9.50 Å². The molecule has 1 aliphatic rings. The zero-order chi connectivity index (χ0) is 24.8. The number of aliphatic hydroxyl groups excluding tert-OH is 1. The van der Waals surface area contributed by atoms with E-state index in [1.165, 1.54) is 17.2 Å². The summed E-state index contributed by atoms with van der Waals surface area (Å²) in [6, 6.07) is 9.13. The van der Waals surface area contributed by atoms with Gasteiger partial charge in [-0.2, -0.15) is 0 Å². The molecule has 3 nitrogen and oxygen atoms in total. The van der Waals surface area contributed by atoms with Gasteiger partial charge in [-0.25, -0.2) is 4.39 Å². The topological polar surface area (TPSA) is 38.7 Å². The lowest BCUT2D eigenvalue weighted by Gasteiger charge is -2.16. The number of aliphatic hydroxyl groups is 1. The van der Waals surface area contributed by atoms with Gasteiger partial charge in [-0.1, -0.05) is 25.6 Å². The van der Waals surface area contributed by atoms with Crippen LogP contribution in [0.15, 0.2) is 66.0 Å². The minimum absolute atomic E-state index is 0.127. The van der Waals surface area contributed by atoms with Crippen molar-refractivity contribution in [3.8, 4) is 16.9 Å². The molecule has 0 aromatic heterocycles. The van der Waals surface area contributed by atoms with Crippen LogP contribution in [0.2, 0.25) is 0 Å². The highest BCUT2D eigenvalue weighted by Gasteiger charge is 2.20. The van der Waals surface area contributed by atoms with Crippen molar-refractivity contribution in [3.05, 3.63) is 88.5 Å². The first-order valence-electron chi connectivity index (χ1n) is 12.1. The van der Waals surface area contributed by atoms with Gasteiger partial charge in [0.25, 0.3) is 0 Å². The highest BCUT2D eigenvalue weighted by molar-refractivity contribution is 5.72. The Bertz CT molecular complexity index is 1070. The first kappa shape index (κ1) is 25.8. The van der Waals surface area contributed by atoms with Gasteiger partial charge in [0, 0.05) is 12.0 Å². The van der Waals surface area contributed by atoms with Crippen molar-refractivity contribution in [2.75, 3.05) is 6.61 Å². The van der Waals surface area contributed by atoms with E-state index in [1.807, 2.05) is 38.1 Å². The maximum absolute atomic E-state index is 14.6. The monoisotopic (exact) mass is 464 g/mol. The van der Waals surface area contributed by atoms with Crippen molar-refractivity contribution in [2.45, 2.75) is 66.6 Å². The SMILES string of the molecule is C=C(/C=C1/CC(C)C/C1=C/C)OCc1cc(-c2c(C)cc(OCCC(C)O)cc2C)ccc1F.